The fourth-order valence-electron chi connectivity index (χ4n) is 2.10. The lowest BCUT2D eigenvalue weighted by molar-refractivity contribution is -0.0601. The molecule has 0 aliphatic heterocycles. The molecule has 4 nitrogen and oxygen atoms in total. The van der Waals surface area contributed by atoms with Crippen molar-refractivity contribution < 1.29 is 4.74 Å². The molecule has 90 valence electrons. The molecule has 1 fully saturated rings. The second-order valence-electron chi connectivity index (χ2n) is 4.56. The lowest BCUT2D eigenvalue weighted by atomic mass is 9.80. The molecule has 0 saturated heterocycles. The first-order valence-electron chi connectivity index (χ1n) is 5.85. The number of hydrogen-bond acceptors (Lipinski definition) is 4. The fraction of sp³-hybridized carbons (Fsp3) is 0.538. The van der Waals surface area contributed by atoms with Crippen molar-refractivity contribution in [3.63, 3.8) is 0 Å². The number of nitrogens with one attached hydrogen (secondary N) is 1. The molecule has 0 amide bonds. The number of aryl methyl sites for hydroxylation is 1. The van der Waals surface area contributed by atoms with Gasteiger partial charge in [-0.05, 0) is 37.8 Å². The maximum absolute atomic E-state index is 9.10. The van der Waals surface area contributed by atoms with E-state index in [0.717, 1.165) is 18.4 Å². The predicted molar refractivity (Wildman–Crippen MR) is 65.8 cm³/mol. The summed E-state index contributed by atoms with van der Waals surface area (Å²) < 4.78 is 5.53. The molecule has 0 radical (unpaired) electrons. The number of aromatic nitrogens is 1. The molecule has 0 spiro atoms. The summed E-state index contributed by atoms with van der Waals surface area (Å²) in [6.07, 6.45) is 5.08. The van der Waals surface area contributed by atoms with Gasteiger partial charge in [-0.3, -0.25) is 0 Å². The van der Waals surface area contributed by atoms with Gasteiger partial charge in [0.2, 0.25) is 0 Å². The van der Waals surface area contributed by atoms with Crippen LogP contribution in [0.15, 0.2) is 12.3 Å². The molecule has 17 heavy (non-hydrogen) atoms. The second-order valence-corrected chi connectivity index (χ2v) is 4.56. The third-order valence-electron chi connectivity index (χ3n) is 3.55. The van der Waals surface area contributed by atoms with Crippen molar-refractivity contribution in [1.82, 2.24) is 4.98 Å². The van der Waals surface area contributed by atoms with Crippen molar-refractivity contribution in [3.8, 4) is 6.07 Å². The van der Waals surface area contributed by atoms with Crippen LogP contribution in [0, 0.1) is 18.3 Å². The fourth-order valence-corrected chi connectivity index (χ4v) is 2.10. The molecule has 1 aliphatic carbocycles. The minimum atomic E-state index is -0.0574. The molecule has 1 N–H and O–H groups in total. The van der Waals surface area contributed by atoms with Gasteiger partial charge in [-0.2, -0.15) is 5.26 Å². The highest BCUT2D eigenvalue weighted by molar-refractivity contribution is 5.55. The number of nitrogens with zero attached hydrogens (tertiary/aromatic N) is 2. The molecule has 1 aromatic heterocycles. The first-order valence-corrected chi connectivity index (χ1v) is 5.85. The molecule has 0 unspecified atom stereocenters. The summed E-state index contributed by atoms with van der Waals surface area (Å²) in [5, 5.41) is 12.3. The van der Waals surface area contributed by atoms with Crippen molar-refractivity contribution in [2.24, 2.45) is 0 Å². The Kier molecular flexibility index (Phi) is 3.30. The quantitative estimate of drug-likeness (QED) is 0.863. The van der Waals surface area contributed by atoms with Crippen LogP contribution < -0.4 is 5.32 Å². The van der Waals surface area contributed by atoms with Gasteiger partial charge in [0.25, 0.3) is 0 Å². The number of nitriles is 1. The first kappa shape index (κ1) is 11.9. The normalized spacial score (nSPS) is 17.0. The summed E-state index contributed by atoms with van der Waals surface area (Å²) in [5.41, 5.74) is 1.51. The smallest absolute Gasteiger partial charge is 0.144 e. The highest BCUT2D eigenvalue weighted by Crippen LogP contribution is 2.35. The van der Waals surface area contributed by atoms with E-state index in [4.69, 9.17) is 10.00 Å². The number of anilines is 1. The molecule has 0 aromatic carbocycles. The Hall–Kier alpha value is -1.60. The van der Waals surface area contributed by atoms with Crippen LogP contribution in [0.1, 0.15) is 30.4 Å². The van der Waals surface area contributed by atoms with Crippen LogP contribution in [0.4, 0.5) is 5.82 Å². The minimum absolute atomic E-state index is 0.0574. The largest absolute Gasteiger partial charge is 0.376 e. The van der Waals surface area contributed by atoms with Gasteiger partial charge in [0, 0.05) is 19.9 Å². The lowest BCUT2D eigenvalue weighted by Crippen LogP contribution is -2.45. The zero-order valence-electron chi connectivity index (χ0n) is 10.3. The standard InChI is InChI=1S/C13H17N3O/c1-10-4-7-15-12(11(10)8-14)16-9-13(17-2)5-3-6-13/h4,7H,3,5-6,9H2,1-2H3,(H,15,16). The molecule has 1 saturated carbocycles. The van der Waals surface area contributed by atoms with E-state index >= 15 is 0 Å². The van der Waals surface area contributed by atoms with Crippen LogP contribution in [-0.4, -0.2) is 24.2 Å². The first-order chi connectivity index (χ1) is 8.21. The Morgan fingerprint density at radius 2 is 2.35 bits per heavy atom. The van der Waals surface area contributed by atoms with E-state index in [-0.39, 0.29) is 5.60 Å². The summed E-state index contributed by atoms with van der Waals surface area (Å²) >= 11 is 0. The van der Waals surface area contributed by atoms with Crippen molar-refractivity contribution in [3.05, 3.63) is 23.4 Å². The third-order valence-corrected chi connectivity index (χ3v) is 3.55. The maximum Gasteiger partial charge on any atom is 0.144 e. The average molecular weight is 231 g/mol. The Morgan fingerprint density at radius 3 is 2.88 bits per heavy atom. The Labute approximate surface area is 102 Å². The van der Waals surface area contributed by atoms with Crippen LogP contribution in [0.3, 0.4) is 0 Å². The van der Waals surface area contributed by atoms with Crippen molar-refractivity contribution >= 4 is 5.82 Å². The van der Waals surface area contributed by atoms with E-state index < -0.39 is 0 Å². The van der Waals surface area contributed by atoms with Crippen LogP contribution in [-0.2, 0) is 4.74 Å². The van der Waals surface area contributed by atoms with Gasteiger partial charge in [-0.15, -0.1) is 0 Å². The van der Waals surface area contributed by atoms with E-state index in [9.17, 15) is 0 Å². The zero-order chi connectivity index (χ0) is 12.3. The summed E-state index contributed by atoms with van der Waals surface area (Å²) in [5.74, 6) is 0.663. The molecule has 4 heteroatoms. The topological polar surface area (TPSA) is 57.9 Å². The summed E-state index contributed by atoms with van der Waals surface area (Å²) in [6.45, 7) is 2.63. The predicted octanol–water partition coefficient (Wildman–Crippen LogP) is 2.24. The maximum atomic E-state index is 9.10. The molecular formula is C13H17N3O. The lowest BCUT2D eigenvalue weighted by Gasteiger charge is -2.40. The number of hydrogen-bond donors (Lipinski definition) is 1. The van der Waals surface area contributed by atoms with Gasteiger partial charge in [-0.25, -0.2) is 4.98 Å². The molecule has 1 heterocycles. The van der Waals surface area contributed by atoms with Gasteiger partial charge < -0.3 is 10.1 Å². The second kappa shape index (κ2) is 4.72. The minimum Gasteiger partial charge on any atom is -0.376 e. The van der Waals surface area contributed by atoms with Crippen LogP contribution in [0.25, 0.3) is 0 Å². The highest BCUT2D eigenvalue weighted by atomic mass is 16.5. The van der Waals surface area contributed by atoms with Crippen LogP contribution in [0.2, 0.25) is 0 Å². The van der Waals surface area contributed by atoms with Gasteiger partial charge in [0.1, 0.15) is 11.9 Å². The molecule has 1 aromatic rings. The third kappa shape index (κ3) is 2.25. The van der Waals surface area contributed by atoms with Gasteiger partial charge >= 0.3 is 0 Å². The highest BCUT2D eigenvalue weighted by Gasteiger charge is 2.36. The Morgan fingerprint density at radius 1 is 1.59 bits per heavy atom. The summed E-state index contributed by atoms with van der Waals surface area (Å²) in [4.78, 5) is 4.22. The summed E-state index contributed by atoms with van der Waals surface area (Å²) in [6, 6.07) is 4.03. The SMILES string of the molecule is COC1(CNc2nccc(C)c2C#N)CCC1. The monoisotopic (exact) mass is 231 g/mol. The Balaban J connectivity index is 2.09. The van der Waals surface area contributed by atoms with Crippen LogP contribution in [0.5, 0.6) is 0 Å². The molecule has 0 atom stereocenters. The van der Waals surface area contributed by atoms with Gasteiger partial charge in [-0.1, -0.05) is 0 Å². The molecule has 1 aliphatic rings. The van der Waals surface area contributed by atoms with Gasteiger partial charge in [0.05, 0.1) is 11.2 Å². The summed E-state index contributed by atoms with van der Waals surface area (Å²) in [7, 11) is 1.75. The number of ether oxygens (including phenoxy) is 1. The van der Waals surface area contributed by atoms with E-state index in [1.165, 1.54) is 6.42 Å². The van der Waals surface area contributed by atoms with E-state index in [2.05, 4.69) is 16.4 Å². The zero-order valence-corrected chi connectivity index (χ0v) is 10.3. The molecular weight excluding hydrogens is 214 g/mol. The molecule has 0 bridgehead atoms. The molecule has 2 rings (SSSR count). The number of methoxy groups -OCH3 is 1. The van der Waals surface area contributed by atoms with Crippen molar-refractivity contribution in [2.75, 3.05) is 19.0 Å². The number of pyridine rings is 1. The van der Waals surface area contributed by atoms with E-state index in [0.29, 0.717) is 17.9 Å². The van der Waals surface area contributed by atoms with E-state index in [1.54, 1.807) is 13.3 Å². The van der Waals surface area contributed by atoms with Gasteiger partial charge in [0.15, 0.2) is 0 Å². The van der Waals surface area contributed by atoms with Crippen molar-refractivity contribution in [1.29, 1.82) is 5.26 Å². The van der Waals surface area contributed by atoms with E-state index in [1.807, 2.05) is 13.0 Å². The Bertz CT molecular complexity index is 441. The average Bonchev–Trinajstić information content (AvgIpc) is 2.28. The van der Waals surface area contributed by atoms with Crippen molar-refractivity contribution in [2.45, 2.75) is 31.8 Å². The van der Waals surface area contributed by atoms with Crippen LogP contribution >= 0.6 is 0 Å². The number of rotatable bonds is 4.